The van der Waals surface area contributed by atoms with Gasteiger partial charge in [-0.1, -0.05) is 11.6 Å². The van der Waals surface area contributed by atoms with E-state index in [1.807, 2.05) is 11.4 Å². The fourth-order valence-electron chi connectivity index (χ4n) is 0.578. The zero-order chi connectivity index (χ0) is 6.69. The third-order valence-corrected chi connectivity index (χ3v) is 2.50. The van der Waals surface area contributed by atoms with Crippen molar-refractivity contribution >= 4 is 34.5 Å². The number of rotatable bonds is 2. The molecule has 0 unspecified atom stereocenters. The SMILES string of the molecule is ClCCc1cc(Cl)cs1. The molecule has 0 saturated carbocycles. The van der Waals surface area contributed by atoms with Crippen LogP contribution >= 0.6 is 34.5 Å². The van der Waals surface area contributed by atoms with Crippen molar-refractivity contribution in [2.75, 3.05) is 5.88 Å². The molecule has 9 heavy (non-hydrogen) atoms. The lowest BCUT2D eigenvalue weighted by atomic mass is 10.4. The van der Waals surface area contributed by atoms with Crippen molar-refractivity contribution in [1.29, 1.82) is 0 Å². The molecule has 0 aliphatic heterocycles. The highest BCUT2D eigenvalue weighted by Gasteiger charge is 1.94. The summed E-state index contributed by atoms with van der Waals surface area (Å²) in [6, 6.07) is 1.95. The maximum atomic E-state index is 5.66. The summed E-state index contributed by atoms with van der Waals surface area (Å²) in [6.45, 7) is 0. The van der Waals surface area contributed by atoms with Gasteiger partial charge in [-0.15, -0.1) is 22.9 Å². The third-order valence-electron chi connectivity index (χ3n) is 0.963. The first-order valence-electron chi connectivity index (χ1n) is 2.62. The van der Waals surface area contributed by atoms with Gasteiger partial charge in [0.1, 0.15) is 0 Å². The highest BCUT2D eigenvalue weighted by Crippen LogP contribution is 2.19. The van der Waals surface area contributed by atoms with Gasteiger partial charge in [0.2, 0.25) is 0 Å². The second kappa shape index (κ2) is 3.45. The first-order chi connectivity index (χ1) is 4.33. The fourth-order valence-corrected chi connectivity index (χ4v) is 1.97. The van der Waals surface area contributed by atoms with Crippen LogP contribution in [0.25, 0.3) is 0 Å². The lowest BCUT2D eigenvalue weighted by Gasteiger charge is -1.84. The predicted molar refractivity (Wildman–Crippen MR) is 43.8 cm³/mol. The van der Waals surface area contributed by atoms with Crippen LogP contribution in [0.2, 0.25) is 5.02 Å². The third kappa shape index (κ3) is 2.17. The van der Waals surface area contributed by atoms with E-state index in [0.717, 1.165) is 11.4 Å². The van der Waals surface area contributed by atoms with Crippen LogP contribution < -0.4 is 0 Å². The van der Waals surface area contributed by atoms with Crippen LogP contribution in [0.5, 0.6) is 0 Å². The van der Waals surface area contributed by atoms with Crippen LogP contribution in [0.4, 0.5) is 0 Å². The van der Waals surface area contributed by atoms with Crippen molar-refractivity contribution < 1.29 is 0 Å². The van der Waals surface area contributed by atoms with Crippen molar-refractivity contribution in [2.24, 2.45) is 0 Å². The molecule has 1 aromatic heterocycles. The molecule has 0 amide bonds. The van der Waals surface area contributed by atoms with Gasteiger partial charge in [0, 0.05) is 16.1 Å². The summed E-state index contributed by atoms with van der Waals surface area (Å²) in [6.07, 6.45) is 0.930. The molecule has 1 heterocycles. The first kappa shape index (κ1) is 7.39. The molecule has 1 aromatic rings. The molecule has 0 nitrogen and oxygen atoms in total. The lowest BCUT2D eigenvalue weighted by Crippen LogP contribution is -1.77. The minimum Gasteiger partial charge on any atom is -0.147 e. The van der Waals surface area contributed by atoms with Crippen LogP contribution in [-0.2, 0) is 6.42 Å². The minimum atomic E-state index is 0.677. The van der Waals surface area contributed by atoms with Gasteiger partial charge < -0.3 is 0 Å². The molecule has 0 aliphatic rings. The molecule has 0 N–H and O–H groups in total. The first-order valence-corrected chi connectivity index (χ1v) is 4.41. The van der Waals surface area contributed by atoms with Crippen LogP contribution in [-0.4, -0.2) is 5.88 Å². The van der Waals surface area contributed by atoms with Gasteiger partial charge in [-0.05, 0) is 12.5 Å². The van der Waals surface area contributed by atoms with Gasteiger partial charge in [0.15, 0.2) is 0 Å². The van der Waals surface area contributed by atoms with Crippen LogP contribution in [0, 0.1) is 0 Å². The molecule has 0 bridgehead atoms. The van der Waals surface area contributed by atoms with Gasteiger partial charge >= 0.3 is 0 Å². The zero-order valence-electron chi connectivity index (χ0n) is 4.73. The van der Waals surface area contributed by atoms with Crippen LogP contribution in [0.3, 0.4) is 0 Å². The van der Waals surface area contributed by atoms with Crippen LogP contribution in [0.1, 0.15) is 4.88 Å². The molecule has 1 rings (SSSR count). The van der Waals surface area contributed by atoms with E-state index < -0.39 is 0 Å². The Morgan fingerprint density at radius 2 is 2.33 bits per heavy atom. The van der Waals surface area contributed by atoms with Gasteiger partial charge in [0.05, 0.1) is 5.02 Å². The summed E-state index contributed by atoms with van der Waals surface area (Å²) < 4.78 is 0. The molecule has 3 heteroatoms. The summed E-state index contributed by atoms with van der Waals surface area (Å²) >= 11 is 12.8. The topological polar surface area (TPSA) is 0 Å². The number of alkyl halides is 1. The van der Waals surface area contributed by atoms with Crippen molar-refractivity contribution in [3.8, 4) is 0 Å². The van der Waals surface area contributed by atoms with Crippen molar-refractivity contribution in [1.82, 2.24) is 0 Å². The molecule has 0 radical (unpaired) electrons. The summed E-state index contributed by atoms with van der Waals surface area (Å²) in [5.41, 5.74) is 0. The van der Waals surface area contributed by atoms with E-state index >= 15 is 0 Å². The largest absolute Gasteiger partial charge is 0.147 e. The normalized spacial score (nSPS) is 10.0. The van der Waals surface area contributed by atoms with E-state index in [4.69, 9.17) is 23.2 Å². The average Bonchev–Trinajstić information content (AvgIpc) is 2.17. The van der Waals surface area contributed by atoms with Gasteiger partial charge in [-0.3, -0.25) is 0 Å². The smallest absolute Gasteiger partial charge is 0.0515 e. The number of hydrogen-bond acceptors (Lipinski definition) is 1. The Balaban J connectivity index is 2.61. The van der Waals surface area contributed by atoms with Crippen LogP contribution in [0.15, 0.2) is 11.4 Å². The summed E-state index contributed by atoms with van der Waals surface area (Å²) in [4.78, 5) is 1.26. The second-order valence-corrected chi connectivity index (χ2v) is 3.48. The minimum absolute atomic E-state index is 0.677. The monoisotopic (exact) mass is 180 g/mol. The summed E-state index contributed by atoms with van der Waals surface area (Å²) in [5, 5.41) is 2.74. The molecule has 0 fully saturated rings. The highest BCUT2D eigenvalue weighted by molar-refractivity contribution is 7.10. The van der Waals surface area contributed by atoms with E-state index in [-0.39, 0.29) is 0 Å². The number of hydrogen-bond donors (Lipinski definition) is 0. The molecule has 0 aliphatic carbocycles. The van der Waals surface area contributed by atoms with Crippen molar-refractivity contribution in [2.45, 2.75) is 6.42 Å². The Hall–Kier alpha value is 0.280. The average molecular weight is 181 g/mol. The Morgan fingerprint density at radius 3 is 2.78 bits per heavy atom. The van der Waals surface area contributed by atoms with E-state index in [1.54, 1.807) is 11.3 Å². The Morgan fingerprint density at radius 1 is 1.56 bits per heavy atom. The van der Waals surface area contributed by atoms with E-state index in [0.29, 0.717) is 5.88 Å². The number of thiophene rings is 1. The standard InChI is InChI=1S/C6H6Cl2S/c7-2-1-6-3-5(8)4-9-6/h3-4H,1-2H2. The zero-order valence-corrected chi connectivity index (χ0v) is 7.06. The Kier molecular flexibility index (Phi) is 2.83. The summed E-state index contributed by atoms with van der Waals surface area (Å²) in [7, 11) is 0. The quantitative estimate of drug-likeness (QED) is 0.614. The second-order valence-electron chi connectivity index (χ2n) is 1.67. The van der Waals surface area contributed by atoms with Gasteiger partial charge in [-0.25, -0.2) is 0 Å². The summed E-state index contributed by atoms with van der Waals surface area (Å²) in [5.74, 6) is 0.677. The van der Waals surface area contributed by atoms with Gasteiger partial charge in [-0.2, -0.15) is 0 Å². The highest BCUT2D eigenvalue weighted by atomic mass is 35.5. The number of halogens is 2. The van der Waals surface area contributed by atoms with Crippen molar-refractivity contribution in [3.05, 3.63) is 21.3 Å². The fraction of sp³-hybridized carbons (Fsp3) is 0.333. The maximum Gasteiger partial charge on any atom is 0.0515 e. The molecule has 50 valence electrons. The predicted octanol–water partition coefficient (Wildman–Crippen LogP) is 3.18. The maximum absolute atomic E-state index is 5.66. The van der Waals surface area contributed by atoms with E-state index in [2.05, 4.69) is 0 Å². The molecular formula is C6H6Cl2S. The Bertz CT molecular complexity index is 183. The van der Waals surface area contributed by atoms with Crippen molar-refractivity contribution in [3.63, 3.8) is 0 Å². The molecule has 0 spiro atoms. The molecular weight excluding hydrogens is 175 g/mol. The molecule has 0 saturated heterocycles. The Labute approximate surface area is 68.4 Å². The molecule has 0 atom stereocenters. The van der Waals surface area contributed by atoms with E-state index in [1.165, 1.54) is 4.88 Å². The number of aryl methyl sites for hydroxylation is 1. The molecule has 0 aromatic carbocycles. The lowest BCUT2D eigenvalue weighted by molar-refractivity contribution is 1.20. The van der Waals surface area contributed by atoms with E-state index in [9.17, 15) is 0 Å². The van der Waals surface area contributed by atoms with Gasteiger partial charge in [0.25, 0.3) is 0 Å².